The predicted octanol–water partition coefficient (Wildman–Crippen LogP) is 21.8. The molecule has 0 aliphatic rings. The molecule has 0 bridgehead atoms. The van der Waals surface area contributed by atoms with Gasteiger partial charge in [-0.3, -0.25) is 37.3 Å². The van der Waals surface area contributed by atoms with Gasteiger partial charge in [-0.25, -0.2) is 9.13 Å². The van der Waals surface area contributed by atoms with Crippen molar-refractivity contribution >= 4 is 39.5 Å². The van der Waals surface area contributed by atoms with Crippen LogP contribution in [0.3, 0.4) is 0 Å². The van der Waals surface area contributed by atoms with Crippen molar-refractivity contribution < 1.29 is 80.2 Å². The number of hydrogen-bond donors (Lipinski definition) is 3. The number of esters is 4. The summed E-state index contributed by atoms with van der Waals surface area (Å²) >= 11 is 0. The SMILES string of the molecule is CCCCCCCCCC(=O)OC[C@H](COP(=O)(O)OC[C@H](O)COP(=O)(O)OC[C@@H](COC(=O)CCCCCCCCCCCCCCCC(C)C)OC(=O)CCCCCCCCCCCCCCCCC(C)CC)OC(=O)CCCCCCCCCCCCC(C)C. The van der Waals surface area contributed by atoms with Crippen LogP contribution in [0.4, 0.5) is 0 Å². The van der Waals surface area contributed by atoms with Gasteiger partial charge in [0.2, 0.25) is 0 Å². The zero-order valence-corrected chi connectivity index (χ0v) is 63.2. The lowest BCUT2D eigenvalue weighted by molar-refractivity contribution is -0.161. The summed E-state index contributed by atoms with van der Waals surface area (Å²) in [6.07, 6.45) is 51.4. The first-order valence-corrected chi connectivity index (χ1v) is 41.9. The molecule has 0 aliphatic carbocycles. The van der Waals surface area contributed by atoms with Gasteiger partial charge in [-0.15, -0.1) is 0 Å². The Morgan fingerprint density at radius 3 is 0.809 bits per heavy atom. The predicted molar refractivity (Wildman–Crippen MR) is 381 cm³/mol. The van der Waals surface area contributed by atoms with Gasteiger partial charge in [0, 0.05) is 25.7 Å². The minimum Gasteiger partial charge on any atom is -0.462 e. The van der Waals surface area contributed by atoms with Crippen molar-refractivity contribution in [3.05, 3.63) is 0 Å². The smallest absolute Gasteiger partial charge is 0.462 e. The summed E-state index contributed by atoms with van der Waals surface area (Å²) in [5.74, 6) is 0.266. The molecule has 0 fully saturated rings. The first-order chi connectivity index (χ1) is 45.3. The molecule has 19 heteroatoms. The monoisotopic (exact) mass is 1380 g/mol. The van der Waals surface area contributed by atoms with Gasteiger partial charge < -0.3 is 33.8 Å². The maximum absolute atomic E-state index is 13.1. The molecule has 0 aromatic carbocycles. The molecule has 0 rings (SSSR count). The van der Waals surface area contributed by atoms with E-state index in [0.29, 0.717) is 25.7 Å². The van der Waals surface area contributed by atoms with Crippen molar-refractivity contribution in [2.24, 2.45) is 17.8 Å². The van der Waals surface area contributed by atoms with Crippen LogP contribution in [0.15, 0.2) is 0 Å². The molecule has 0 amide bonds. The molecule has 0 aliphatic heterocycles. The van der Waals surface area contributed by atoms with Crippen LogP contribution in [0, 0.1) is 17.8 Å². The molecule has 0 saturated carbocycles. The van der Waals surface area contributed by atoms with Gasteiger partial charge in [0.25, 0.3) is 0 Å². The Kier molecular flexibility index (Phi) is 64.3. The van der Waals surface area contributed by atoms with Gasteiger partial charge in [0.05, 0.1) is 26.4 Å². The van der Waals surface area contributed by atoms with Crippen molar-refractivity contribution in [3.8, 4) is 0 Å². The van der Waals surface area contributed by atoms with Crippen LogP contribution in [-0.4, -0.2) is 96.7 Å². The van der Waals surface area contributed by atoms with Gasteiger partial charge in [-0.1, -0.05) is 331 Å². The van der Waals surface area contributed by atoms with Crippen molar-refractivity contribution in [3.63, 3.8) is 0 Å². The molecule has 94 heavy (non-hydrogen) atoms. The molecule has 0 aromatic heterocycles. The van der Waals surface area contributed by atoms with Crippen molar-refractivity contribution in [1.29, 1.82) is 0 Å². The molecule has 6 atom stereocenters. The van der Waals surface area contributed by atoms with Crippen LogP contribution in [0.5, 0.6) is 0 Å². The number of hydrogen-bond acceptors (Lipinski definition) is 15. The van der Waals surface area contributed by atoms with Gasteiger partial charge in [-0.2, -0.15) is 0 Å². The number of unbranched alkanes of at least 4 members (excludes halogenated alkanes) is 40. The molecule has 0 heterocycles. The fraction of sp³-hybridized carbons (Fsp3) is 0.947. The lowest BCUT2D eigenvalue weighted by atomic mass is 9.99. The second-order valence-electron chi connectivity index (χ2n) is 28.2. The maximum Gasteiger partial charge on any atom is 0.472 e. The van der Waals surface area contributed by atoms with Crippen molar-refractivity contribution in [2.75, 3.05) is 39.6 Å². The number of aliphatic hydroxyl groups is 1. The topological polar surface area (TPSA) is 237 Å². The van der Waals surface area contributed by atoms with Gasteiger partial charge in [0.1, 0.15) is 19.3 Å². The Bertz CT molecular complexity index is 1840. The molecule has 0 spiro atoms. The highest BCUT2D eigenvalue weighted by atomic mass is 31.2. The molecule has 0 aromatic rings. The summed E-state index contributed by atoms with van der Waals surface area (Å²) in [6.45, 7) is 11.9. The Labute approximate surface area is 575 Å². The first kappa shape index (κ1) is 92.1. The van der Waals surface area contributed by atoms with E-state index in [1.54, 1.807) is 0 Å². The molecule has 17 nitrogen and oxygen atoms in total. The number of phosphoric acid groups is 2. The molecule has 558 valence electrons. The lowest BCUT2D eigenvalue weighted by Gasteiger charge is -2.21. The van der Waals surface area contributed by atoms with E-state index in [1.807, 2.05) is 0 Å². The fourth-order valence-electron chi connectivity index (χ4n) is 11.4. The second kappa shape index (κ2) is 65.7. The summed E-state index contributed by atoms with van der Waals surface area (Å²) in [4.78, 5) is 72.6. The number of ether oxygens (including phenoxy) is 4. The highest BCUT2D eigenvalue weighted by Gasteiger charge is 2.30. The van der Waals surface area contributed by atoms with Crippen LogP contribution < -0.4 is 0 Å². The third-order valence-corrected chi connectivity index (χ3v) is 19.6. The standard InChI is InChI=1S/C75H146O17P2/c1-8-10-11-12-32-42-49-56-72(77)85-62-70(91-75(80)59-52-45-38-31-25-24-27-34-40-47-54-67(5)6)64-89-93(81,82)87-60-69(76)61-88-94(83,84)90-65-71(63-86-73(78)57-50-43-36-29-22-19-15-16-20-26-33-39-46-53-66(3)4)92-74(79)58-51-44-37-30-23-18-14-13-17-21-28-35-41-48-55-68(7)9-2/h66-71,76H,8-65H2,1-7H3,(H,81,82)(H,83,84)/t68?,69-,70+,71+/m0/s1. The second-order valence-corrected chi connectivity index (χ2v) is 31.1. The average Bonchev–Trinajstić information content (AvgIpc) is 3.31. The molecular formula is C75H146O17P2. The lowest BCUT2D eigenvalue weighted by Crippen LogP contribution is -2.30. The van der Waals surface area contributed by atoms with E-state index in [1.165, 1.54) is 180 Å². The number of carbonyl (C=O) groups is 4. The largest absolute Gasteiger partial charge is 0.472 e. The Balaban J connectivity index is 5.21. The van der Waals surface area contributed by atoms with E-state index in [0.717, 1.165) is 120 Å². The average molecular weight is 1380 g/mol. The summed E-state index contributed by atoms with van der Waals surface area (Å²) in [6, 6.07) is 0. The van der Waals surface area contributed by atoms with Crippen LogP contribution in [-0.2, 0) is 65.4 Å². The number of phosphoric ester groups is 2. The third kappa shape index (κ3) is 67.3. The highest BCUT2D eigenvalue weighted by Crippen LogP contribution is 2.45. The summed E-state index contributed by atoms with van der Waals surface area (Å²) < 4.78 is 68.4. The summed E-state index contributed by atoms with van der Waals surface area (Å²) in [5.41, 5.74) is 0. The van der Waals surface area contributed by atoms with E-state index in [2.05, 4.69) is 48.5 Å². The van der Waals surface area contributed by atoms with Crippen LogP contribution >= 0.6 is 15.6 Å². The normalized spacial score (nSPS) is 14.4. The van der Waals surface area contributed by atoms with Crippen molar-refractivity contribution in [1.82, 2.24) is 0 Å². The molecule has 0 radical (unpaired) electrons. The van der Waals surface area contributed by atoms with Gasteiger partial charge >= 0.3 is 39.5 Å². The van der Waals surface area contributed by atoms with E-state index >= 15 is 0 Å². The highest BCUT2D eigenvalue weighted by molar-refractivity contribution is 7.47. The molecular weight excluding hydrogens is 1230 g/mol. The van der Waals surface area contributed by atoms with E-state index in [9.17, 15) is 43.2 Å². The van der Waals surface area contributed by atoms with Crippen LogP contribution in [0.25, 0.3) is 0 Å². The van der Waals surface area contributed by atoms with Crippen molar-refractivity contribution in [2.45, 2.75) is 401 Å². The minimum absolute atomic E-state index is 0.105. The zero-order valence-electron chi connectivity index (χ0n) is 61.4. The number of carbonyl (C=O) groups excluding carboxylic acids is 4. The quantitative estimate of drug-likeness (QED) is 0.0222. The third-order valence-electron chi connectivity index (χ3n) is 17.7. The first-order valence-electron chi connectivity index (χ1n) is 38.9. The Morgan fingerprint density at radius 1 is 0.309 bits per heavy atom. The molecule has 3 N–H and O–H groups in total. The fourth-order valence-corrected chi connectivity index (χ4v) is 13.0. The zero-order chi connectivity index (χ0) is 69.4. The van der Waals surface area contributed by atoms with E-state index in [-0.39, 0.29) is 25.7 Å². The minimum atomic E-state index is -4.96. The summed E-state index contributed by atoms with van der Waals surface area (Å²) in [7, 11) is -9.91. The van der Waals surface area contributed by atoms with Crippen LogP contribution in [0.2, 0.25) is 0 Å². The van der Waals surface area contributed by atoms with Gasteiger partial charge in [-0.05, 0) is 43.4 Å². The van der Waals surface area contributed by atoms with Gasteiger partial charge in [0.15, 0.2) is 12.2 Å². The van der Waals surface area contributed by atoms with E-state index in [4.69, 9.17) is 37.0 Å². The van der Waals surface area contributed by atoms with Crippen LogP contribution in [0.1, 0.15) is 382 Å². The number of aliphatic hydroxyl groups excluding tert-OH is 1. The Hall–Kier alpha value is -1.94. The Morgan fingerprint density at radius 2 is 0.543 bits per heavy atom. The molecule has 3 unspecified atom stereocenters. The maximum atomic E-state index is 13.1. The summed E-state index contributed by atoms with van der Waals surface area (Å²) in [5, 5.41) is 10.6. The van der Waals surface area contributed by atoms with E-state index < -0.39 is 97.5 Å². The molecule has 0 saturated heterocycles. The number of rotatable bonds is 73.